The van der Waals surface area contributed by atoms with Crippen LogP contribution in [0.25, 0.3) is 6.08 Å². The summed E-state index contributed by atoms with van der Waals surface area (Å²) in [6.45, 7) is 5.92. The lowest BCUT2D eigenvalue weighted by atomic mass is 10.1. The van der Waals surface area contributed by atoms with Crippen molar-refractivity contribution in [3.63, 3.8) is 0 Å². The lowest BCUT2D eigenvalue weighted by molar-refractivity contribution is -0.116. The van der Waals surface area contributed by atoms with Crippen molar-refractivity contribution in [2.45, 2.75) is 39.5 Å². The zero-order chi connectivity index (χ0) is 20.8. The molecular weight excluding hydrogens is 364 g/mol. The Balaban J connectivity index is 1.68. The SMILES string of the molecule is CCOc1cc2c(cc1/C=C/C(=O)NCc1ccccc1CN(C)C)O[C@@H](C)C2. The summed E-state index contributed by atoms with van der Waals surface area (Å²) in [5.74, 6) is 1.52. The highest BCUT2D eigenvalue weighted by Gasteiger charge is 2.21. The Hall–Kier alpha value is -2.79. The van der Waals surface area contributed by atoms with Gasteiger partial charge in [0.05, 0.1) is 6.61 Å². The number of carbonyl (C=O) groups excluding carboxylic acids is 1. The van der Waals surface area contributed by atoms with Gasteiger partial charge in [-0.2, -0.15) is 0 Å². The van der Waals surface area contributed by atoms with Crippen molar-refractivity contribution >= 4 is 12.0 Å². The predicted octanol–water partition coefficient (Wildman–Crippen LogP) is 3.80. The molecule has 1 atom stereocenters. The first-order chi connectivity index (χ1) is 14.0. The molecule has 0 bridgehead atoms. The van der Waals surface area contributed by atoms with Gasteiger partial charge < -0.3 is 19.7 Å². The van der Waals surface area contributed by atoms with Gasteiger partial charge in [0.15, 0.2) is 0 Å². The van der Waals surface area contributed by atoms with Gasteiger partial charge in [-0.15, -0.1) is 0 Å². The Morgan fingerprint density at radius 1 is 1.28 bits per heavy atom. The third kappa shape index (κ3) is 5.61. The number of amides is 1. The summed E-state index contributed by atoms with van der Waals surface area (Å²) in [4.78, 5) is 14.5. The van der Waals surface area contributed by atoms with Crippen LogP contribution in [0, 0.1) is 0 Å². The smallest absolute Gasteiger partial charge is 0.244 e. The monoisotopic (exact) mass is 394 g/mol. The summed E-state index contributed by atoms with van der Waals surface area (Å²) in [6.07, 6.45) is 4.39. The van der Waals surface area contributed by atoms with Crippen molar-refractivity contribution in [2.75, 3.05) is 20.7 Å². The van der Waals surface area contributed by atoms with Crippen LogP contribution in [-0.2, 0) is 24.3 Å². The Kier molecular flexibility index (Phi) is 6.94. The highest BCUT2D eigenvalue weighted by atomic mass is 16.5. The fraction of sp³-hybridized carbons (Fsp3) is 0.375. The highest BCUT2D eigenvalue weighted by Crippen LogP contribution is 2.35. The average molecular weight is 395 g/mol. The standard InChI is InChI=1S/C24H30N2O3/c1-5-28-22-14-21-12-17(2)29-23(21)13-18(22)10-11-24(27)25-15-19-8-6-7-9-20(19)16-26(3)4/h6-11,13-14,17H,5,12,15-16H2,1-4H3,(H,25,27)/b11-10+/t17-/m0/s1. The molecule has 0 radical (unpaired) electrons. The molecule has 29 heavy (non-hydrogen) atoms. The van der Waals surface area contributed by atoms with Crippen LogP contribution in [-0.4, -0.2) is 37.6 Å². The number of hydrogen-bond donors (Lipinski definition) is 1. The summed E-state index contributed by atoms with van der Waals surface area (Å²) in [5.41, 5.74) is 4.34. The Morgan fingerprint density at radius 3 is 2.76 bits per heavy atom. The molecule has 5 nitrogen and oxygen atoms in total. The zero-order valence-electron chi connectivity index (χ0n) is 17.7. The maximum atomic E-state index is 12.4. The van der Waals surface area contributed by atoms with E-state index < -0.39 is 0 Å². The molecule has 154 valence electrons. The molecule has 2 aromatic carbocycles. The van der Waals surface area contributed by atoms with Gasteiger partial charge in [-0.3, -0.25) is 4.79 Å². The number of benzene rings is 2. The fourth-order valence-corrected chi connectivity index (χ4v) is 3.50. The molecule has 1 aliphatic rings. The number of carbonyl (C=O) groups is 1. The Morgan fingerprint density at radius 2 is 2.03 bits per heavy atom. The minimum absolute atomic E-state index is 0.137. The lowest BCUT2D eigenvalue weighted by Gasteiger charge is -2.14. The van der Waals surface area contributed by atoms with Crippen LogP contribution in [0.5, 0.6) is 11.5 Å². The summed E-state index contributed by atoms with van der Waals surface area (Å²) in [6, 6.07) is 12.1. The van der Waals surface area contributed by atoms with E-state index in [9.17, 15) is 4.79 Å². The number of fused-ring (bicyclic) bond motifs is 1. The Bertz CT molecular complexity index is 890. The fourth-order valence-electron chi connectivity index (χ4n) is 3.50. The molecule has 0 aromatic heterocycles. The normalized spacial score (nSPS) is 15.4. The third-order valence-corrected chi connectivity index (χ3v) is 4.80. The van der Waals surface area contributed by atoms with Crippen molar-refractivity contribution < 1.29 is 14.3 Å². The van der Waals surface area contributed by atoms with Crippen LogP contribution in [0.3, 0.4) is 0 Å². The van der Waals surface area contributed by atoms with E-state index in [4.69, 9.17) is 9.47 Å². The van der Waals surface area contributed by atoms with Crippen LogP contribution in [0.15, 0.2) is 42.5 Å². The number of ether oxygens (including phenoxy) is 2. The highest BCUT2D eigenvalue weighted by molar-refractivity contribution is 5.92. The van der Waals surface area contributed by atoms with E-state index in [0.29, 0.717) is 13.2 Å². The molecule has 5 heteroatoms. The predicted molar refractivity (Wildman–Crippen MR) is 116 cm³/mol. The first-order valence-corrected chi connectivity index (χ1v) is 10.1. The molecule has 2 aromatic rings. The van der Waals surface area contributed by atoms with Gasteiger partial charge in [0.1, 0.15) is 17.6 Å². The second kappa shape index (κ2) is 9.61. The molecule has 0 saturated heterocycles. The minimum Gasteiger partial charge on any atom is -0.493 e. The van der Waals surface area contributed by atoms with Gasteiger partial charge in [-0.25, -0.2) is 0 Å². The van der Waals surface area contributed by atoms with Crippen molar-refractivity contribution in [2.24, 2.45) is 0 Å². The van der Waals surface area contributed by atoms with Crippen molar-refractivity contribution in [3.8, 4) is 11.5 Å². The summed E-state index contributed by atoms with van der Waals surface area (Å²) in [7, 11) is 4.07. The summed E-state index contributed by atoms with van der Waals surface area (Å²) >= 11 is 0. The van der Waals surface area contributed by atoms with Crippen LogP contribution in [0.4, 0.5) is 0 Å². The maximum absolute atomic E-state index is 12.4. The second-order valence-corrected chi connectivity index (χ2v) is 7.62. The van der Waals surface area contributed by atoms with Gasteiger partial charge >= 0.3 is 0 Å². The first kappa shape index (κ1) is 20.9. The molecule has 0 aliphatic carbocycles. The molecule has 1 N–H and O–H groups in total. The van der Waals surface area contributed by atoms with Crippen LogP contribution < -0.4 is 14.8 Å². The summed E-state index contributed by atoms with van der Waals surface area (Å²) in [5, 5.41) is 2.98. The second-order valence-electron chi connectivity index (χ2n) is 7.62. The number of rotatable bonds is 8. The lowest BCUT2D eigenvalue weighted by Crippen LogP contribution is -2.22. The van der Waals surface area contributed by atoms with E-state index in [0.717, 1.165) is 41.2 Å². The third-order valence-electron chi connectivity index (χ3n) is 4.80. The Labute approximate surface area is 173 Å². The summed E-state index contributed by atoms with van der Waals surface area (Å²) < 4.78 is 11.6. The van der Waals surface area contributed by atoms with Gasteiger partial charge in [-0.1, -0.05) is 24.3 Å². The van der Waals surface area contributed by atoms with Crippen molar-refractivity contribution in [3.05, 3.63) is 64.7 Å². The zero-order valence-corrected chi connectivity index (χ0v) is 17.7. The molecule has 0 unspecified atom stereocenters. The van der Waals surface area contributed by atoms with E-state index in [1.807, 2.05) is 45.3 Å². The largest absolute Gasteiger partial charge is 0.493 e. The molecule has 0 fully saturated rings. The van der Waals surface area contributed by atoms with Crippen LogP contribution in [0.1, 0.15) is 36.1 Å². The molecule has 3 rings (SSSR count). The molecule has 0 spiro atoms. The van der Waals surface area contributed by atoms with Crippen LogP contribution in [0.2, 0.25) is 0 Å². The topological polar surface area (TPSA) is 50.8 Å². The van der Waals surface area contributed by atoms with Crippen molar-refractivity contribution in [1.29, 1.82) is 0 Å². The molecule has 0 saturated carbocycles. The van der Waals surface area contributed by atoms with Gasteiger partial charge in [0, 0.05) is 36.7 Å². The van der Waals surface area contributed by atoms with E-state index in [1.54, 1.807) is 12.2 Å². The minimum atomic E-state index is -0.137. The number of nitrogens with zero attached hydrogens (tertiary/aromatic N) is 1. The molecule has 1 heterocycles. The van der Waals surface area contributed by atoms with Gasteiger partial charge in [-0.05, 0) is 57.3 Å². The van der Waals surface area contributed by atoms with E-state index in [-0.39, 0.29) is 12.0 Å². The molecule has 1 aliphatic heterocycles. The van der Waals surface area contributed by atoms with Gasteiger partial charge in [0.2, 0.25) is 5.91 Å². The van der Waals surface area contributed by atoms with E-state index in [2.05, 4.69) is 29.3 Å². The molecular formula is C24H30N2O3. The average Bonchev–Trinajstić information content (AvgIpc) is 3.04. The van der Waals surface area contributed by atoms with Gasteiger partial charge in [0.25, 0.3) is 0 Å². The maximum Gasteiger partial charge on any atom is 0.244 e. The number of hydrogen-bond acceptors (Lipinski definition) is 4. The van der Waals surface area contributed by atoms with E-state index >= 15 is 0 Å². The van der Waals surface area contributed by atoms with E-state index in [1.165, 1.54) is 5.56 Å². The quantitative estimate of drug-likeness (QED) is 0.692. The number of nitrogens with one attached hydrogen (secondary N) is 1. The van der Waals surface area contributed by atoms with Crippen LogP contribution >= 0.6 is 0 Å². The molecule has 1 amide bonds. The first-order valence-electron chi connectivity index (χ1n) is 10.1. The van der Waals surface area contributed by atoms with Crippen molar-refractivity contribution in [1.82, 2.24) is 10.2 Å².